The first-order valence-corrected chi connectivity index (χ1v) is 8.34. The molecule has 7 nitrogen and oxygen atoms in total. The van der Waals surface area contributed by atoms with Crippen LogP contribution in [0.3, 0.4) is 0 Å². The average Bonchev–Trinajstić information content (AvgIpc) is 3.15. The Balaban J connectivity index is 1.71. The van der Waals surface area contributed by atoms with Crippen molar-refractivity contribution in [2.24, 2.45) is 0 Å². The Hall–Kier alpha value is -3.43. The zero-order chi connectivity index (χ0) is 20.1. The number of rotatable bonds is 6. The Morgan fingerprint density at radius 1 is 1.18 bits per heavy atom. The van der Waals surface area contributed by atoms with Crippen molar-refractivity contribution in [2.45, 2.75) is 26.1 Å². The van der Waals surface area contributed by atoms with Gasteiger partial charge in [0.05, 0.1) is 11.3 Å². The van der Waals surface area contributed by atoms with E-state index in [9.17, 15) is 18.0 Å². The van der Waals surface area contributed by atoms with Crippen LogP contribution in [0.5, 0.6) is 5.75 Å². The van der Waals surface area contributed by atoms with Gasteiger partial charge in [0.25, 0.3) is 0 Å². The van der Waals surface area contributed by atoms with E-state index in [1.807, 2.05) is 0 Å². The number of halogens is 3. The van der Waals surface area contributed by atoms with Gasteiger partial charge in [-0.05, 0) is 52.9 Å². The van der Waals surface area contributed by atoms with Gasteiger partial charge < -0.3 is 10.1 Å². The van der Waals surface area contributed by atoms with Gasteiger partial charge in [-0.3, -0.25) is 4.79 Å². The molecule has 0 bridgehead atoms. The van der Waals surface area contributed by atoms with Crippen LogP contribution in [0.15, 0.2) is 48.5 Å². The first-order valence-electron chi connectivity index (χ1n) is 8.34. The molecule has 0 spiro atoms. The van der Waals surface area contributed by atoms with Crippen molar-refractivity contribution in [3.63, 3.8) is 0 Å². The van der Waals surface area contributed by atoms with Crippen molar-refractivity contribution in [3.8, 4) is 11.4 Å². The van der Waals surface area contributed by atoms with Crippen molar-refractivity contribution < 1.29 is 22.7 Å². The third-order valence-electron chi connectivity index (χ3n) is 3.78. The monoisotopic (exact) mass is 391 g/mol. The smallest absolute Gasteiger partial charge is 0.416 e. The van der Waals surface area contributed by atoms with E-state index in [0.29, 0.717) is 17.9 Å². The molecule has 0 aliphatic rings. The lowest BCUT2D eigenvalue weighted by molar-refractivity contribution is -0.137. The van der Waals surface area contributed by atoms with Crippen molar-refractivity contribution in [3.05, 3.63) is 59.9 Å². The fraction of sp³-hybridized carbons (Fsp3) is 0.222. The standard InChI is InChI=1S/C18H16F3N5O2/c1-2-17(27)22-13-6-8-15(9-7-13)28-11-16-23-24-25-26(16)14-5-3-4-12(10-14)18(19,20)21/h3-10H,2,11H2,1H3,(H,22,27). The molecule has 0 aliphatic heterocycles. The van der Waals surface area contributed by atoms with E-state index in [2.05, 4.69) is 20.8 Å². The van der Waals surface area contributed by atoms with Gasteiger partial charge in [0, 0.05) is 12.1 Å². The molecule has 1 N–H and O–H groups in total. The van der Waals surface area contributed by atoms with Crippen molar-refractivity contribution in [2.75, 3.05) is 5.32 Å². The minimum absolute atomic E-state index is 0.0517. The van der Waals surface area contributed by atoms with Crippen molar-refractivity contribution in [1.29, 1.82) is 0 Å². The number of tetrazole rings is 1. The molecular formula is C18H16F3N5O2. The molecule has 2 aromatic carbocycles. The number of alkyl halides is 3. The maximum atomic E-state index is 12.9. The van der Waals surface area contributed by atoms with E-state index in [1.54, 1.807) is 31.2 Å². The zero-order valence-electron chi connectivity index (χ0n) is 14.8. The average molecular weight is 391 g/mol. The lowest BCUT2D eigenvalue weighted by Gasteiger charge is -2.10. The third-order valence-corrected chi connectivity index (χ3v) is 3.78. The number of nitrogens with zero attached hydrogens (tertiary/aromatic N) is 4. The van der Waals surface area contributed by atoms with E-state index < -0.39 is 11.7 Å². The summed E-state index contributed by atoms with van der Waals surface area (Å²) in [7, 11) is 0. The Kier molecular flexibility index (Phi) is 5.57. The molecule has 10 heteroatoms. The first kappa shape index (κ1) is 19.3. The van der Waals surface area contributed by atoms with Crippen LogP contribution in [0.4, 0.5) is 18.9 Å². The number of ether oxygens (including phenoxy) is 1. The lowest BCUT2D eigenvalue weighted by atomic mass is 10.2. The predicted molar refractivity (Wildman–Crippen MR) is 93.9 cm³/mol. The quantitative estimate of drug-likeness (QED) is 0.694. The Morgan fingerprint density at radius 2 is 1.93 bits per heavy atom. The maximum Gasteiger partial charge on any atom is 0.416 e. The summed E-state index contributed by atoms with van der Waals surface area (Å²) < 4.78 is 45.5. The fourth-order valence-corrected chi connectivity index (χ4v) is 2.34. The summed E-state index contributed by atoms with van der Waals surface area (Å²) in [6, 6.07) is 11.4. The van der Waals surface area contributed by atoms with Crippen molar-refractivity contribution >= 4 is 11.6 Å². The largest absolute Gasteiger partial charge is 0.486 e. The summed E-state index contributed by atoms with van der Waals surface area (Å²) in [5, 5.41) is 13.8. The number of carbonyl (C=O) groups excluding carboxylic acids is 1. The maximum absolute atomic E-state index is 12.9. The van der Waals surface area contributed by atoms with Crippen LogP contribution >= 0.6 is 0 Å². The number of aromatic nitrogens is 4. The minimum Gasteiger partial charge on any atom is -0.486 e. The molecule has 1 amide bonds. The van der Waals surface area contributed by atoms with Gasteiger partial charge in [-0.15, -0.1) is 5.10 Å². The Bertz CT molecular complexity index is 954. The topological polar surface area (TPSA) is 81.9 Å². The van der Waals surface area contributed by atoms with E-state index in [0.717, 1.165) is 12.1 Å². The first-order chi connectivity index (χ1) is 13.4. The summed E-state index contributed by atoms with van der Waals surface area (Å²) in [6.45, 7) is 1.70. The van der Waals surface area contributed by atoms with E-state index in [-0.39, 0.29) is 24.0 Å². The molecule has 3 rings (SSSR count). The molecule has 3 aromatic rings. The van der Waals surface area contributed by atoms with Gasteiger partial charge >= 0.3 is 6.18 Å². The Morgan fingerprint density at radius 3 is 2.61 bits per heavy atom. The second kappa shape index (κ2) is 8.07. The molecule has 0 aliphatic carbocycles. The summed E-state index contributed by atoms with van der Waals surface area (Å²) in [5.41, 5.74) is 0.0149. The van der Waals surface area contributed by atoms with E-state index in [4.69, 9.17) is 4.74 Å². The summed E-state index contributed by atoms with van der Waals surface area (Å²) >= 11 is 0. The molecule has 1 aromatic heterocycles. The number of carbonyl (C=O) groups is 1. The molecule has 0 saturated carbocycles. The van der Waals surface area contributed by atoms with Crippen molar-refractivity contribution in [1.82, 2.24) is 20.2 Å². The number of hydrogen-bond acceptors (Lipinski definition) is 5. The van der Waals surface area contributed by atoms with Crippen LogP contribution in [0.1, 0.15) is 24.7 Å². The molecule has 0 saturated heterocycles. The molecule has 1 heterocycles. The van der Waals surface area contributed by atoms with Crippen LogP contribution in [0, 0.1) is 0 Å². The molecule has 28 heavy (non-hydrogen) atoms. The molecule has 0 fully saturated rings. The summed E-state index contributed by atoms with van der Waals surface area (Å²) in [5.74, 6) is 0.629. The van der Waals surface area contributed by atoms with Crippen LogP contribution in [0.25, 0.3) is 5.69 Å². The second-order valence-corrected chi connectivity index (χ2v) is 5.77. The van der Waals surface area contributed by atoms with Gasteiger partial charge in [-0.1, -0.05) is 13.0 Å². The number of anilines is 1. The predicted octanol–water partition coefficient (Wildman–Crippen LogP) is 3.61. The SMILES string of the molecule is CCC(=O)Nc1ccc(OCc2nnnn2-c2cccc(C(F)(F)F)c2)cc1. The minimum atomic E-state index is -4.46. The fourth-order valence-electron chi connectivity index (χ4n) is 2.34. The summed E-state index contributed by atoms with van der Waals surface area (Å²) in [4.78, 5) is 11.4. The van der Waals surface area contributed by atoms with Gasteiger partial charge in [0.2, 0.25) is 5.91 Å². The Labute approximate surface area is 158 Å². The van der Waals surface area contributed by atoms with Crippen LogP contribution in [-0.2, 0) is 17.6 Å². The van der Waals surface area contributed by atoms with Gasteiger partial charge in [0.1, 0.15) is 12.4 Å². The number of amides is 1. The van der Waals surface area contributed by atoms with Crippen LogP contribution < -0.4 is 10.1 Å². The number of nitrogens with one attached hydrogen (secondary N) is 1. The van der Waals surface area contributed by atoms with E-state index in [1.165, 1.54) is 16.8 Å². The third kappa shape index (κ3) is 4.64. The molecular weight excluding hydrogens is 375 g/mol. The normalized spacial score (nSPS) is 11.3. The highest BCUT2D eigenvalue weighted by molar-refractivity contribution is 5.90. The highest BCUT2D eigenvalue weighted by atomic mass is 19.4. The lowest BCUT2D eigenvalue weighted by Crippen LogP contribution is -2.10. The summed E-state index contributed by atoms with van der Waals surface area (Å²) in [6.07, 6.45) is -4.09. The van der Waals surface area contributed by atoms with E-state index >= 15 is 0 Å². The molecule has 0 radical (unpaired) electrons. The molecule has 0 atom stereocenters. The van der Waals surface area contributed by atoms with Crippen LogP contribution in [0.2, 0.25) is 0 Å². The van der Waals surface area contributed by atoms with Gasteiger partial charge in [-0.2, -0.15) is 17.9 Å². The number of benzene rings is 2. The highest BCUT2D eigenvalue weighted by Gasteiger charge is 2.30. The van der Waals surface area contributed by atoms with Gasteiger partial charge in [-0.25, -0.2) is 0 Å². The number of hydrogen-bond donors (Lipinski definition) is 1. The molecule has 146 valence electrons. The zero-order valence-corrected chi connectivity index (χ0v) is 14.8. The highest BCUT2D eigenvalue weighted by Crippen LogP contribution is 2.30. The van der Waals surface area contributed by atoms with Crippen LogP contribution in [-0.4, -0.2) is 26.1 Å². The van der Waals surface area contributed by atoms with Gasteiger partial charge in [0.15, 0.2) is 5.82 Å². The second-order valence-electron chi connectivity index (χ2n) is 5.77. The molecule has 0 unspecified atom stereocenters.